The summed E-state index contributed by atoms with van der Waals surface area (Å²) >= 11 is 0. The molecule has 5 nitrogen and oxygen atoms in total. The molecule has 0 aliphatic carbocycles. The Morgan fingerprint density at radius 3 is 2.35 bits per heavy atom. The Morgan fingerprint density at radius 1 is 1.08 bits per heavy atom. The van der Waals surface area contributed by atoms with Gasteiger partial charge in [-0.1, -0.05) is 29.8 Å². The smallest absolute Gasteiger partial charge is 0.268 e. The third-order valence-corrected chi connectivity index (χ3v) is 6.06. The quantitative estimate of drug-likeness (QED) is 0.718. The monoisotopic (exact) mass is 373 g/mol. The van der Waals surface area contributed by atoms with Gasteiger partial charge in [0, 0.05) is 18.0 Å². The predicted octanol–water partition coefficient (Wildman–Crippen LogP) is 3.38. The highest BCUT2D eigenvalue weighted by Gasteiger charge is 2.24. The van der Waals surface area contributed by atoms with Crippen molar-refractivity contribution in [3.05, 3.63) is 65.9 Å². The Hall–Kier alpha value is -2.15. The molecular formula is C20H23NO4S. The highest BCUT2D eigenvalue weighted by Crippen LogP contribution is 2.31. The molecule has 0 bridgehead atoms. The van der Waals surface area contributed by atoms with Gasteiger partial charge < -0.3 is 10.2 Å². The minimum absolute atomic E-state index is 0.155. The first kappa shape index (κ1) is 18.6. The number of aliphatic hydroxyl groups excluding tert-OH is 1. The maximum Gasteiger partial charge on any atom is 0.268 e. The van der Waals surface area contributed by atoms with Crippen molar-refractivity contribution in [2.75, 3.05) is 0 Å². The number of hydrogen-bond donors (Lipinski definition) is 2. The molecule has 1 heterocycles. The lowest BCUT2D eigenvalue weighted by Crippen LogP contribution is -2.22. The van der Waals surface area contributed by atoms with Crippen LogP contribution >= 0.6 is 0 Å². The zero-order chi connectivity index (χ0) is 19.1. The van der Waals surface area contributed by atoms with Gasteiger partial charge in [0.05, 0.1) is 22.1 Å². The van der Waals surface area contributed by atoms with Crippen molar-refractivity contribution < 1.29 is 18.6 Å². The summed E-state index contributed by atoms with van der Waals surface area (Å²) in [5.74, 6) is 0. The van der Waals surface area contributed by atoms with E-state index in [4.69, 9.17) is 0 Å². The van der Waals surface area contributed by atoms with Gasteiger partial charge in [-0.15, -0.1) is 0 Å². The lowest BCUT2D eigenvalue weighted by molar-refractivity contribution is 0.0184. The Morgan fingerprint density at radius 2 is 1.73 bits per heavy atom. The predicted molar refractivity (Wildman–Crippen MR) is 102 cm³/mol. The zero-order valence-electron chi connectivity index (χ0n) is 15.0. The van der Waals surface area contributed by atoms with Crippen LogP contribution < -0.4 is 0 Å². The van der Waals surface area contributed by atoms with Crippen LogP contribution in [-0.4, -0.2) is 28.2 Å². The molecule has 0 unspecified atom stereocenters. The summed E-state index contributed by atoms with van der Waals surface area (Å²) in [4.78, 5) is 0.211. The van der Waals surface area contributed by atoms with Crippen molar-refractivity contribution in [3.63, 3.8) is 0 Å². The number of rotatable bonds is 5. The Balaban J connectivity index is 2.10. The van der Waals surface area contributed by atoms with Crippen LogP contribution in [0.2, 0.25) is 0 Å². The van der Waals surface area contributed by atoms with Gasteiger partial charge in [-0.25, -0.2) is 12.4 Å². The van der Waals surface area contributed by atoms with Crippen molar-refractivity contribution in [1.29, 1.82) is 0 Å². The van der Waals surface area contributed by atoms with Gasteiger partial charge >= 0.3 is 0 Å². The largest absolute Gasteiger partial charge is 0.390 e. The van der Waals surface area contributed by atoms with Crippen molar-refractivity contribution in [2.45, 2.75) is 43.8 Å². The topological polar surface area (TPSA) is 79.5 Å². The Bertz CT molecular complexity index is 1030. The second kappa shape index (κ2) is 6.54. The van der Waals surface area contributed by atoms with Crippen LogP contribution in [0.5, 0.6) is 0 Å². The van der Waals surface area contributed by atoms with Crippen LogP contribution in [0.1, 0.15) is 37.5 Å². The van der Waals surface area contributed by atoms with Gasteiger partial charge in [-0.3, -0.25) is 0 Å². The average Bonchev–Trinajstić information content (AvgIpc) is 2.98. The van der Waals surface area contributed by atoms with Crippen LogP contribution in [0.3, 0.4) is 0 Å². The Labute approximate surface area is 153 Å². The van der Waals surface area contributed by atoms with Crippen LogP contribution in [0.25, 0.3) is 10.9 Å². The molecule has 3 rings (SSSR count). The summed E-state index contributed by atoms with van der Waals surface area (Å²) in [6, 6.07) is 13.6. The highest BCUT2D eigenvalue weighted by molar-refractivity contribution is 7.90. The number of benzene rings is 2. The summed E-state index contributed by atoms with van der Waals surface area (Å²) in [7, 11) is -3.73. The SMILES string of the molecule is Cc1ccc(S(=O)(=O)n2ccc3c([C@@H](O)CC(C)(C)O)cccc32)cc1. The van der Waals surface area contributed by atoms with Crippen molar-refractivity contribution >= 4 is 20.9 Å². The summed E-state index contributed by atoms with van der Waals surface area (Å²) in [6.45, 7) is 5.16. The van der Waals surface area contributed by atoms with E-state index in [2.05, 4.69) is 0 Å². The summed E-state index contributed by atoms with van der Waals surface area (Å²) in [5, 5.41) is 21.1. The fourth-order valence-electron chi connectivity index (χ4n) is 3.07. The molecule has 0 radical (unpaired) electrons. The van der Waals surface area contributed by atoms with E-state index in [1.807, 2.05) is 6.92 Å². The molecule has 138 valence electrons. The minimum atomic E-state index is -3.73. The zero-order valence-corrected chi connectivity index (χ0v) is 15.9. The van der Waals surface area contributed by atoms with E-state index in [0.29, 0.717) is 16.5 Å². The van der Waals surface area contributed by atoms with Gasteiger partial charge in [-0.2, -0.15) is 0 Å². The van der Waals surface area contributed by atoms with Crippen LogP contribution in [0.15, 0.2) is 59.6 Å². The number of aromatic nitrogens is 1. The van der Waals surface area contributed by atoms with E-state index in [9.17, 15) is 18.6 Å². The van der Waals surface area contributed by atoms with E-state index >= 15 is 0 Å². The molecule has 0 aliphatic rings. The van der Waals surface area contributed by atoms with Crippen LogP contribution in [0.4, 0.5) is 0 Å². The maximum atomic E-state index is 13.0. The minimum Gasteiger partial charge on any atom is -0.390 e. The maximum absolute atomic E-state index is 13.0. The third-order valence-electron chi connectivity index (χ3n) is 4.36. The molecule has 0 saturated carbocycles. The molecule has 0 spiro atoms. The summed E-state index contributed by atoms with van der Waals surface area (Å²) < 4.78 is 27.2. The summed E-state index contributed by atoms with van der Waals surface area (Å²) in [6.07, 6.45) is 0.763. The molecule has 3 aromatic rings. The lowest BCUT2D eigenvalue weighted by atomic mass is 9.94. The van der Waals surface area contributed by atoms with E-state index in [1.54, 1.807) is 62.4 Å². The third kappa shape index (κ3) is 3.53. The first-order valence-electron chi connectivity index (χ1n) is 8.42. The number of aliphatic hydroxyl groups is 2. The van der Waals surface area contributed by atoms with Gasteiger partial charge in [0.2, 0.25) is 0 Å². The van der Waals surface area contributed by atoms with Crippen molar-refractivity contribution in [3.8, 4) is 0 Å². The molecule has 0 amide bonds. The molecule has 26 heavy (non-hydrogen) atoms. The lowest BCUT2D eigenvalue weighted by Gasteiger charge is -2.22. The standard InChI is InChI=1S/C20H23NO4S/c1-14-7-9-15(10-8-14)26(24,25)21-12-11-16-17(5-4-6-18(16)21)19(22)13-20(2,3)23/h4-12,19,22-23H,13H2,1-3H3/t19-/m0/s1. The number of hydrogen-bond acceptors (Lipinski definition) is 4. The van der Waals surface area contributed by atoms with E-state index < -0.39 is 21.7 Å². The van der Waals surface area contributed by atoms with E-state index in [0.717, 1.165) is 5.56 Å². The molecule has 1 atom stereocenters. The Kier molecular flexibility index (Phi) is 4.69. The summed E-state index contributed by atoms with van der Waals surface area (Å²) in [5.41, 5.74) is 1.05. The molecule has 2 aromatic carbocycles. The molecule has 1 aromatic heterocycles. The fourth-order valence-corrected chi connectivity index (χ4v) is 4.42. The van der Waals surface area contributed by atoms with Gasteiger partial charge in [-0.05, 0) is 50.6 Å². The van der Waals surface area contributed by atoms with Gasteiger partial charge in [0.1, 0.15) is 0 Å². The van der Waals surface area contributed by atoms with Gasteiger partial charge in [0.15, 0.2) is 0 Å². The second-order valence-electron chi connectivity index (χ2n) is 7.24. The molecular weight excluding hydrogens is 350 g/mol. The highest BCUT2D eigenvalue weighted by atomic mass is 32.2. The van der Waals surface area contributed by atoms with E-state index in [1.165, 1.54) is 10.2 Å². The molecule has 6 heteroatoms. The molecule has 2 N–H and O–H groups in total. The second-order valence-corrected chi connectivity index (χ2v) is 9.06. The van der Waals surface area contributed by atoms with Gasteiger partial charge in [0.25, 0.3) is 10.0 Å². The van der Waals surface area contributed by atoms with Crippen molar-refractivity contribution in [2.24, 2.45) is 0 Å². The molecule has 0 fully saturated rings. The number of fused-ring (bicyclic) bond motifs is 1. The van der Waals surface area contributed by atoms with Crippen LogP contribution in [0, 0.1) is 6.92 Å². The normalized spacial score (nSPS) is 13.9. The number of aryl methyl sites for hydroxylation is 1. The van der Waals surface area contributed by atoms with Crippen molar-refractivity contribution in [1.82, 2.24) is 3.97 Å². The fraction of sp³-hybridized carbons (Fsp3) is 0.300. The molecule has 0 aliphatic heterocycles. The van der Waals surface area contributed by atoms with E-state index in [-0.39, 0.29) is 11.3 Å². The first-order chi connectivity index (χ1) is 12.1. The first-order valence-corrected chi connectivity index (χ1v) is 9.86. The van der Waals surface area contributed by atoms with Crippen LogP contribution in [-0.2, 0) is 10.0 Å². The average molecular weight is 373 g/mol. The molecule has 0 saturated heterocycles. The number of nitrogens with zero attached hydrogens (tertiary/aromatic N) is 1.